The molecule has 172 valence electrons. The first kappa shape index (κ1) is 22.7. The number of hydrogen-bond acceptors (Lipinski definition) is 6. The molecule has 0 aliphatic heterocycles. The predicted octanol–water partition coefficient (Wildman–Crippen LogP) is 4.08. The van der Waals surface area contributed by atoms with Crippen molar-refractivity contribution in [2.75, 3.05) is 0 Å². The third-order valence-corrected chi connectivity index (χ3v) is 5.00. The van der Waals surface area contributed by atoms with Gasteiger partial charge in [0, 0.05) is 16.7 Å². The van der Waals surface area contributed by atoms with Gasteiger partial charge in [-0.25, -0.2) is 4.39 Å². The second-order valence-electron chi connectivity index (χ2n) is 7.44. The molecule has 34 heavy (non-hydrogen) atoms. The molecular weight excluding hydrogens is 439 g/mol. The van der Waals surface area contributed by atoms with Crippen LogP contribution in [0.15, 0.2) is 77.2 Å². The van der Waals surface area contributed by atoms with Crippen LogP contribution in [-0.4, -0.2) is 28.1 Å². The van der Waals surface area contributed by atoms with Gasteiger partial charge < -0.3 is 9.15 Å². The number of ether oxygens (including phenoxy) is 1. The normalized spacial score (nSPS) is 11.5. The van der Waals surface area contributed by atoms with Gasteiger partial charge in [-0.3, -0.25) is 20.4 Å². The highest BCUT2D eigenvalue weighted by molar-refractivity contribution is 5.96. The number of rotatable bonds is 6. The van der Waals surface area contributed by atoms with Crippen LogP contribution in [0.1, 0.15) is 22.8 Å². The minimum absolute atomic E-state index is 0.0568. The predicted molar refractivity (Wildman–Crippen MR) is 122 cm³/mol. The highest BCUT2D eigenvalue weighted by Crippen LogP contribution is 2.26. The average Bonchev–Trinajstić information content (AvgIpc) is 3.34. The fourth-order valence-electron chi connectivity index (χ4n) is 3.10. The Balaban J connectivity index is 1.35. The van der Waals surface area contributed by atoms with Crippen LogP contribution in [0.2, 0.25) is 0 Å². The molecule has 1 heterocycles. The Morgan fingerprint density at radius 1 is 0.912 bits per heavy atom. The van der Waals surface area contributed by atoms with Gasteiger partial charge in [0.2, 0.25) is 11.8 Å². The Labute approximate surface area is 194 Å². The standard InChI is InChI=1S/C25H21FN4O4/c1-15-7-3-4-8-19(15)25-30-29-24(34-25)18-13-11-17(12-14-18)23(32)28-27-22(31)16(2)33-21-10-6-5-9-20(21)26/h3-14,16H,1-2H3,(H,27,31)(H,28,32). The van der Waals surface area contributed by atoms with Gasteiger partial charge in [-0.1, -0.05) is 30.3 Å². The van der Waals surface area contributed by atoms with Crippen molar-refractivity contribution in [2.24, 2.45) is 0 Å². The van der Waals surface area contributed by atoms with Crippen molar-refractivity contribution in [3.05, 3.63) is 89.7 Å². The number of para-hydroxylation sites is 1. The number of nitrogens with one attached hydrogen (secondary N) is 2. The van der Waals surface area contributed by atoms with Crippen molar-refractivity contribution in [1.29, 1.82) is 0 Å². The molecule has 1 unspecified atom stereocenters. The van der Waals surface area contributed by atoms with Crippen LogP contribution >= 0.6 is 0 Å². The number of hydrazine groups is 1. The third-order valence-electron chi connectivity index (χ3n) is 5.00. The molecule has 2 amide bonds. The molecule has 0 bridgehead atoms. The molecule has 4 aromatic rings. The Morgan fingerprint density at radius 3 is 2.32 bits per heavy atom. The maximum Gasteiger partial charge on any atom is 0.279 e. The van der Waals surface area contributed by atoms with Crippen LogP contribution in [0.4, 0.5) is 4.39 Å². The summed E-state index contributed by atoms with van der Waals surface area (Å²) in [4.78, 5) is 24.6. The smallest absolute Gasteiger partial charge is 0.279 e. The van der Waals surface area contributed by atoms with Crippen molar-refractivity contribution in [1.82, 2.24) is 21.0 Å². The molecule has 1 aromatic heterocycles. The molecule has 2 N–H and O–H groups in total. The first-order valence-electron chi connectivity index (χ1n) is 10.4. The van der Waals surface area contributed by atoms with E-state index in [2.05, 4.69) is 21.0 Å². The second-order valence-corrected chi connectivity index (χ2v) is 7.44. The Hall–Kier alpha value is -4.53. The molecule has 0 aliphatic carbocycles. The van der Waals surface area contributed by atoms with Gasteiger partial charge in [-0.15, -0.1) is 10.2 Å². The molecule has 0 spiro atoms. The van der Waals surface area contributed by atoms with Gasteiger partial charge in [0.05, 0.1) is 0 Å². The van der Waals surface area contributed by atoms with E-state index in [1.807, 2.05) is 31.2 Å². The van der Waals surface area contributed by atoms with Gasteiger partial charge in [-0.05, 0) is 61.9 Å². The summed E-state index contributed by atoms with van der Waals surface area (Å²) in [6.07, 6.45) is -1.03. The minimum Gasteiger partial charge on any atom is -0.478 e. The average molecular weight is 460 g/mol. The van der Waals surface area contributed by atoms with E-state index < -0.39 is 23.7 Å². The first-order chi connectivity index (χ1) is 16.4. The molecule has 0 saturated heterocycles. The van der Waals surface area contributed by atoms with Gasteiger partial charge in [0.25, 0.3) is 11.8 Å². The number of hydrogen-bond donors (Lipinski definition) is 2. The zero-order valence-electron chi connectivity index (χ0n) is 18.4. The summed E-state index contributed by atoms with van der Waals surface area (Å²) in [6.45, 7) is 3.40. The van der Waals surface area contributed by atoms with E-state index in [1.165, 1.54) is 25.1 Å². The lowest BCUT2D eigenvalue weighted by molar-refractivity contribution is -0.128. The lowest BCUT2D eigenvalue weighted by Gasteiger charge is -2.15. The van der Waals surface area contributed by atoms with E-state index in [0.717, 1.165) is 11.1 Å². The number of carbonyl (C=O) groups excluding carboxylic acids is 2. The Bertz CT molecular complexity index is 1320. The monoisotopic (exact) mass is 460 g/mol. The zero-order chi connectivity index (χ0) is 24.1. The van der Waals surface area contributed by atoms with Crippen molar-refractivity contribution >= 4 is 11.8 Å². The molecule has 8 nitrogen and oxygen atoms in total. The number of nitrogens with zero attached hydrogens (tertiary/aromatic N) is 2. The van der Waals surface area contributed by atoms with Crippen molar-refractivity contribution < 1.29 is 23.1 Å². The maximum absolute atomic E-state index is 13.7. The lowest BCUT2D eigenvalue weighted by atomic mass is 10.1. The van der Waals surface area contributed by atoms with E-state index in [1.54, 1.807) is 30.3 Å². The summed E-state index contributed by atoms with van der Waals surface area (Å²) >= 11 is 0. The Morgan fingerprint density at radius 2 is 1.59 bits per heavy atom. The SMILES string of the molecule is Cc1ccccc1-c1nnc(-c2ccc(C(=O)NNC(=O)C(C)Oc3ccccc3F)cc2)o1. The third kappa shape index (κ3) is 5.09. The highest BCUT2D eigenvalue weighted by atomic mass is 19.1. The van der Waals surface area contributed by atoms with Crippen LogP contribution in [0.25, 0.3) is 22.9 Å². The number of aryl methyl sites for hydroxylation is 1. The molecule has 0 aliphatic rings. The molecular formula is C25H21FN4O4. The lowest BCUT2D eigenvalue weighted by Crippen LogP contribution is -2.47. The molecule has 1 atom stereocenters. The number of halogens is 1. The molecule has 9 heteroatoms. The summed E-state index contributed by atoms with van der Waals surface area (Å²) in [5.74, 6) is -1.09. The van der Waals surface area contributed by atoms with E-state index in [0.29, 0.717) is 22.9 Å². The summed E-state index contributed by atoms with van der Waals surface area (Å²) in [5.41, 5.74) is 7.37. The van der Waals surface area contributed by atoms with E-state index >= 15 is 0 Å². The van der Waals surface area contributed by atoms with Gasteiger partial charge in [0.1, 0.15) is 0 Å². The van der Waals surface area contributed by atoms with Crippen molar-refractivity contribution in [3.63, 3.8) is 0 Å². The molecule has 0 saturated carbocycles. The first-order valence-corrected chi connectivity index (χ1v) is 10.4. The van der Waals surface area contributed by atoms with Crippen LogP contribution in [-0.2, 0) is 4.79 Å². The van der Waals surface area contributed by atoms with E-state index in [9.17, 15) is 14.0 Å². The van der Waals surface area contributed by atoms with Gasteiger partial charge in [-0.2, -0.15) is 0 Å². The van der Waals surface area contributed by atoms with E-state index in [-0.39, 0.29) is 5.75 Å². The largest absolute Gasteiger partial charge is 0.478 e. The number of benzene rings is 3. The highest BCUT2D eigenvalue weighted by Gasteiger charge is 2.18. The topological polar surface area (TPSA) is 106 Å². The molecule has 0 fully saturated rings. The Kier molecular flexibility index (Phi) is 6.63. The van der Waals surface area contributed by atoms with E-state index in [4.69, 9.17) is 9.15 Å². The van der Waals surface area contributed by atoms with Crippen LogP contribution < -0.4 is 15.6 Å². The zero-order valence-corrected chi connectivity index (χ0v) is 18.4. The van der Waals surface area contributed by atoms with Gasteiger partial charge in [0.15, 0.2) is 17.7 Å². The second kappa shape index (κ2) is 9.95. The maximum atomic E-state index is 13.7. The summed E-state index contributed by atoms with van der Waals surface area (Å²) < 4.78 is 24.7. The summed E-state index contributed by atoms with van der Waals surface area (Å²) in [7, 11) is 0. The summed E-state index contributed by atoms with van der Waals surface area (Å²) in [5, 5.41) is 8.19. The van der Waals surface area contributed by atoms with Crippen molar-refractivity contribution in [2.45, 2.75) is 20.0 Å². The molecule has 0 radical (unpaired) electrons. The number of aromatic nitrogens is 2. The number of carbonyl (C=O) groups is 2. The molecule has 4 rings (SSSR count). The van der Waals surface area contributed by atoms with Crippen LogP contribution in [0.3, 0.4) is 0 Å². The molecule has 3 aromatic carbocycles. The van der Waals surface area contributed by atoms with Crippen LogP contribution in [0, 0.1) is 12.7 Å². The van der Waals surface area contributed by atoms with Gasteiger partial charge >= 0.3 is 0 Å². The van der Waals surface area contributed by atoms with Crippen LogP contribution in [0.5, 0.6) is 5.75 Å². The fourth-order valence-corrected chi connectivity index (χ4v) is 3.10. The minimum atomic E-state index is -1.03. The number of amides is 2. The van der Waals surface area contributed by atoms with Crippen molar-refractivity contribution in [3.8, 4) is 28.7 Å². The summed E-state index contributed by atoms with van der Waals surface area (Å²) in [6, 6.07) is 19.9. The fraction of sp³-hybridized carbons (Fsp3) is 0.120. The quantitative estimate of drug-likeness (QED) is 0.420.